The number of esters is 1. The maximum Gasteiger partial charge on any atom is 0.320 e. The zero-order chi connectivity index (χ0) is 20.1. The zero-order valence-electron chi connectivity index (χ0n) is 16.0. The Bertz CT molecular complexity index is 778. The number of amides is 2. The van der Waals surface area contributed by atoms with Crippen LogP contribution in [0.3, 0.4) is 0 Å². The largest absolute Gasteiger partial charge is 0.465 e. The van der Waals surface area contributed by atoms with E-state index in [1.807, 2.05) is 11.0 Å². The van der Waals surface area contributed by atoms with Crippen molar-refractivity contribution in [2.75, 3.05) is 44.2 Å². The summed E-state index contributed by atoms with van der Waals surface area (Å²) in [7, 11) is 0. The maximum absolute atomic E-state index is 12.7. The van der Waals surface area contributed by atoms with Crippen LogP contribution in [0.5, 0.6) is 0 Å². The van der Waals surface area contributed by atoms with Gasteiger partial charge in [-0.3, -0.25) is 19.3 Å². The molecule has 2 aliphatic heterocycles. The Balaban J connectivity index is 1.56. The van der Waals surface area contributed by atoms with E-state index in [0.29, 0.717) is 44.0 Å². The summed E-state index contributed by atoms with van der Waals surface area (Å²) in [6.07, 6.45) is 1.46. The van der Waals surface area contributed by atoms with E-state index in [0.717, 1.165) is 12.8 Å². The molecule has 0 atom stereocenters. The monoisotopic (exact) mass is 384 g/mol. The van der Waals surface area contributed by atoms with Crippen LogP contribution >= 0.6 is 0 Å². The molecule has 0 bridgehead atoms. The average molecular weight is 384 g/mol. The van der Waals surface area contributed by atoms with Crippen LogP contribution in [0, 0.1) is 11.3 Å². The van der Waals surface area contributed by atoms with Crippen molar-refractivity contribution in [3.63, 3.8) is 0 Å². The molecule has 2 aliphatic rings. The highest BCUT2D eigenvalue weighted by molar-refractivity contribution is 6.41. The molecule has 2 saturated heterocycles. The SMILES string of the molecule is CCOC(=O)CN1CCC(N2CCN(c3ccc(C#N)cc3)C(=O)C2=O)CC1. The van der Waals surface area contributed by atoms with Crippen molar-refractivity contribution in [1.29, 1.82) is 5.26 Å². The molecule has 2 fully saturated rings. The second-order valence-electron chi connectivity index (χ2n) is 6.93. The summed E-state index contributed by atoms with van der Waals surface area (Å²) in [6, 6.07) is 8.70. The lowest BCUT2D eigenvalue weighted by atomic mass is 10.0. The number of piperidine rings is 1. The molecule has 0 N–H and O–H groups in total. The quantitative estimate of drug-likeness (QED) is 0.550. The zero-order valence-corrected chi connectivity index (χ0v) is 16.0. The number of hydrogen-bond donors (Lipinski definition) is 0. The van der Waals surface area contributed by atoms with Crippen LogP contribution in [-0.4, -0.2) is 73.0 Å². The molecule has 1 aromatic rings. The van der Waals surface area contributed by atoms with Crippen molar-refractivity contribution >= 4 is 23.5 Å². The summed E-state index contributed by atoms with van der Waals surface area (Å²) in [5.74, 6) is -1.26. The van der Waals surface area contributed by atoms with Gasteiger partial charge in [0.2, 0.25) is 0 Å². The lowest BCUT2D eigenvalue weighted by Gasteiger charge is -2.41. The number of likely N-dealkylation sites (tertiary alicyclic amines) is 1. The first-order valence-electron chi connectivity index (χ1n) is 9.54. The Kier molecular flexibility index (Phi) is 6.26. The summed E-state index contributed by atoms with van der Waals surface area (Å²) in [4.78, 5) is 42.0. The van der Waals surface area contributed by atoms with Crippen LogP contribution in [0.15, 0.2) is 24.3 Å². The minimum Gasteiger partial charge on any atom is -0.465 e. The number of carbonyl (C=O) groups excluding carboxylic acids is 3. The molecular weight excluding hydrogens is 360 g/mol. The predicted molar refractivity (Wildman–Crippen MR) is 101 cm³/mol. The molecule has 0 aliphatic carbocycles. The summed E-state index contributed by atoms with van der Waals surface area (Å²) in [6.45, 7) is 4.72. The van der Waals surface area contributed by atoms with Crippen molar-refractivity contribution in [1.82, 2.24) is 9.80 Å². The van der Waals surface area contributed by atoms with Gasteiger partial charge in [-0.25, -0.2) is 0 Å². The van der Waals surface area contributed by atoms with Gasteiger partial charge >= 0.3 is 17.8 Å². The van der Waals surface area contributed by atoms with E-state index in [2.05, 4.69) is 0 Å². The number of piperazine rings is 1. The molecule has 0 aromatic heterocycles. The van der Waals surface area contributed by atoms with Gasteiger partial charge < -0.3 is 14.5 Å². The average Bonchev–Trinajstić information content (AvgIpc) is 2.71. The number of benzene rings is 1. The molecule has 3 rings (SSSR count). The topological polar surface area (TPSA) is 93.9 Å². The third kappa shape index (κ3) is 4.31. The number of rotatable bonds is 5. The smallest absolute Gasteiger partial charge is 0.320 e. The summed E-state index contributed by atoms with van der Waals surface area (Å²) < 4.78 is 4.97. The van der Waals surface area contributed by atoms with E-state index in [1.54, 1.807) is 36.1 Å². The van der Waals surface area contributed by atoms with Crippen LogP contribution in [-0.2, 0) is 19.1 Å². The molecule has 2 heterocycles. The van der Waals surface area contributed by atoms with Crippen LogP contribution in [0.2, 0.25) is 0 Å². The second kappa shape index (κ2) is 8.85. The van der Waals surface area contributed by atoms with Crippen molar-refractivity contribution in [2.45, 2.75) is 25.8 Å². The Labute approximate surface area is 164 Å². The van der Waals surface area contributed by atoms with Gasteiger partial charge in [0, 0.05) is 37.9 Å². The lowest BCUT2D eigenvalue weighted by molar-refractivity contribution is -0.149. The van der Waals surface area contributed by atoms with E-state index in [-0.39, 0.29) is 18.6 Å². The third-order valence-corrected chi connectivity index (χ3v) is 5.22. The van der Waals surface area contributed by atoms with E-state index in [4.69, 9.17) is 10.00 Å². The first kappa shape index (κ1) is 19.8. The first-order chi connectivity index (χ1) is 13.5. The van der Waals surface area contributed by atoms with Crippen LogP contribution in [0.1, 0.15) is 25.3 Å². The highest BCUT2D eigenvalue weighted by atomic mass is 16.5. The highest BCUT2D eigenvalue weighted by Crippen LogP contribution is 2.23. The molecule has 0 spiro atoms. The Morgan fingerprint density at radius 3 is 2.39 bits per heavy atom. The summed E-state index contributed by atoms with van der Waals surface area (Å²) in [5, 5.41) is 8.89. The minimum absolute atomic E-state index is 0.0120. The Morgan fingerprint density at radius 1 is 1.11 bits per heavy atom. The molecular formula is C20H24N4O4. The van der Waals surface area contributed by atoms with Crippen molar-refractivity contribution in [3.8, 4) is 6.07 Å². The van der Waals surface area contributed by atoms with Gasteiger partial charge in [0.15, 0.2) is 0 Å². The standard InChI is InChI=1S/C20H24N4O4/c1-2-28-18(25)14-22-9-7-17(8-10-22)24-12-11-23(19(26)20(24)27)16-5-3-15(13-21)4-6-16/h3-6,17H,2,7-12,14H2,1H3. The van der Waals surface area contributed by atoms with Gasteiger partial charge in [-0.2, -0.15) is 5.26 Å². The summed E-state index contributed by atoms with van der Waals surface area (Å²) in [5.41, 5.74) is 1.14. The number of carbonyl (C=O) groups is 3. The van der Waals surface area contributed by atoms with Gasteiger partial charge in [0.1, 0.15) is 0 Å². The maximum atomic E-state index is 12.7. The fourth-order valence-electron chi connectivity index (χ4n) is 3.74. The Morgan fingerprint density at radius 2 is 1.79 bits per heavy atom. The van der Waals surface area contributed by atoms with Crippen LogP contribution < -0.4 is 4.90 Å². The second-order valence-corrected chi connectivity index (χ2v) is 6.93. The molecule has 0 radical (unpaired) electrons. The van der Waals surface area contributed by atoms with Crippen molar-refractivity contribution in [3.05, 3.63) is 29.8 Å². The van der Waals surface area contributed by atoms with Gasteiger partial charge in [-0.05, 0) is 44.0 Å². The number of nitriles is 1. The van der Waals surface area contributed by atoms with E-state index >= 15 is 0 Å². The van der Waals surface area contributed by atoms with Crippen LogP contribution in [0.25, 0.3) is 0 Å². The van der Waals surface area contributed by atoms with E-state index in [1.165, 1.54) is 4.90 Å². The normalized spacial score (nSPS) is 18.9. The van der Waals surface area contributed by atoms with Gasteiger partial charge in [0.25, 0.3) is 0 Å². The predicted octanol–water partition coefficient (Wildman–Crippen LogP) is 0.761. The molecule has 1 aromatic carbocycles. The molecule has 0 saturated carbocycles. The van der Waals surface area contributed by atoms with Crippen LogP contribution in [0.4, 0.5) is 5.69 Å². The number of ether oxygens (including phenoxy) is 1. The third-order valence-electron chi connectivity index (χ3n) is 5.22. The molecule has 8 heteroatoms. The summed E-state index contributed by atoms with van der Waals surface area (Å²) >= 11 is 0. The first-order valence-corrected chi connectivity index (χ1v) is 9.54. The highest BCUT2D eigenvalue weighted by Gasteiger charge is 2.38. The molecule has 0 unspecified atom stereocenters. The molecule has 148 valence electrons. The lowest BCUT2D eigenvalue weighted by Crippen LogP contribution is -2.59. The molecule has 28 heavy (non-hydrogen) atoms. The van der Waals surface area contributed by atoms with Gasteiger partial charge in [-0.15, -0.1) is 0 Å². The van der Waals surface area contributed by atoms with E-state index < -0.39 is 11.8 Å². The van der Waals surface area contributed by atoms with Gasteiger partial charge in [0.05, 0.1) is 24.8 Å². The van der Waals surface area contributed by atoms with Crippen molar-refractivity contribution in [2.24, 2.45) is 0 Å². The van der Waals surface area contributed by atoms with Crippen molar-refractivity contribution < 1.29 is 19.1 Å². The fourth-order valence-corrected chi connectivity index (χ4v) is 3.74. The minimum atomic E-state index is -0.537. The number of hydrogen-bond acceptors (Lipinski definition) is 6. The molecule has 8 nitrogen and oxygen atoms in total. The fraction of sp³-hybridized carbons (Fsp3) is 0.500. The Hall–Kier alpha value is -2.92. The number of anilines is 1. The van der Waals surface area contributed by atoms with E-state index in [9.17, 15) is 14.4 Å². The molecule has 2 amide bonds. The number of nitrogens with zero attached hydrogens (tertiary/aromatic N) is 4. The van der Waals surface area contributed by atoms with Gasteiger partial charge in [-0.1, -0.05) is 0 Å².